The minimum Gasteiger partial charge on any atom is -0.314 e. The van der Waals surface area contributed by atoms with Gasteiger partial charge in [0.2, 0.25) is 0 Å². The van der Waals surface area contributed by atoms with Crippen LogP contribution < -0.4 is 5.32 Å². The lowest BCUT2D eigenvalue weighted by Crippen LogP contribution is -2.54. The molecule has 0 aliphatic carbocycles. The molecule has 4 atom stereocenters. The van der Waals surface area contributed by atoms with Crippen molar-refractivity contribution in [2.75, 3.05) is 31.1 Å². The molecule has 0 radical (unpaired) electrons. The summed E-state index contributed by atoms with van der Waals surface area (Å²) in [5, 5.41) is 3.73. The number of hydrogen-bond donors (Lipinski definition) is 1. The van der Waals surface area contributed by atoms with E-state index in [-0.39, 0.29) is 0 Å². The van der Waals surface area contributed by atoms with Crippen LogP contribution in [0.2, 0.25) is 0 Å². The second-order valence-corrected chi connectivity index (χ2v) is 7.32. The van der Waals surface area contributed by atoms with Gasteiger partial charge in [-0.05, 0) is 62.6 Å². The molecule has 0 spiro atoms. The van der Waals surface area contributed by atoms with Gasteiger partial charge < -0.3 is 5.32 Å². The third-order valence-electron chi connectivity index (χ3n) is 4.87. The van der Waals surface area contributed by atoms with E-state index >= 15 is 0 Å². The third-order valence-corrected chi connectivity index (χ3v) is 6.10. The van der Waals surface area contributed by atoms with Crippen LogP contribution in [0.3, 0.4) is 0 Å². The third kappa shape index (κ3) is 3.64. The zero-order valence-corrected chi connectivity index (χ0v) is 13.1. The van der Waals surface area contributed by atoms with E-state index in [4.69, 9.17) is 0 Å². The van der Waals surface area contributed by atoms with Gasteiger partial charge in [-0.3, -0.25) is 4.90 Å². The Kier molecular flexibility index (Phi) is 5.84. The zero-order chi connectivity index (χ0) is 13.0. The second-order valence-electron chi connectivity index (χ2n) is 6.17. The molecular formula is C15H30N2S. The average Bonchev–Trinajstić information content (AvgIpc) is 2.87. The van der Waals surface area contributed by atoms with Gasteiger partial charge in [-0.15, -0.1) is 0 Å². The molecule has 2 rings (SSSR count). The number of likely N-dealkylation sites (tertiary alicyclic amines) is 1. The fourth-order valence-corrected chi connectivity index (χ4v) is 4.65. The van der Waals surface area contributed by atoms with E-state index in [0.717, 1.165) is 23.9 Å². The van der Waals surface area contributed by atoms with Gasteiger partial charge in [0.1, 0.15) is 0 Å². The van der Waals surface area contributed by atoms with Crippen LogP contribution in [0.4, 0.5) is 0 Å². The number of piperidine rings is 1. The first-order chi connectivity index (χ1) is 8.72. The zero-order valence-electron chi connectivity index (χ0n) is 12.3. The highest BCUT2D eigenvalue weighted by atomic mass is 32.2. The minimum absolute atomic E-state index is 0.745. The van der Waals surface area contributed by atoms with Crippen LogP contribution in [0.25, 0.3) is 0 Å². The van der Waals surface area contributed by atoms with E-state index in [1.54, 1.807) is 0 Å². The lowest BCUT2D eigenvalue weighted by atomic mass is 9.86. The van der Waals surface area contributed by atoms with E-state index in [9.17, 15) is 0 Å². The molecule has 4 unspecified atom stereocenters. The summed E-state index contributed by atoms with van der Waals surface area (Å²) in [5.41, 5.74) is 0. The molecule has 2 saturated heterocycles. The summed E-state index contributed by atoms with van der Waals surface area (Å²) < 4.78 is 0. The monoisotopic (exact) mass is 270 g/mol. The maximum absolute atomic E-state index is 3.73. The Hall–Kier alpha value is 0.270. The van der Waals surface area contributed by atoms with Crippen LogP contribution >= 0.6 is 11.8 Å². The van der Waals surface area contributed by atoms with Crippen molar-refractivity contribution < 1.29 is 0 Å². The van der Waals surface area contributed by atoms with Gasteiger partial charge in [0.15, 0.2) is 0 Å². The Balaban J connectivity index is 1.81. The molecule has 3 heteroatoms. The van der Waals surface area contributed by atoms with Crippen LogP contribution in [-0.2, 0) is 0 Å². The molecule has 18 heavy (non-hydrogen) atoms. The van der Waals surface area contributed by atoms with Crippen molar-refractivity contribution in [3.63, 3.8) is 0 Å². The molecule has 0 saturated carbocycles. The quantitative estimate of drug-likeness (QED) is 0.827. The first-order valence-corrected chi connectivity index (χ1v) is 8.93. The van der Waals surface area contributed by atoms with Crippen molar-refractivity contribution in [3.8, 4) is 0 Å². The van der Waals surface area contributed by atoms with E-state index in [0.29, 0.717) is 0 Å². The standard InChI is InChI=1S/C15H30N2S/c1-4-7-16-15-5-8-17(13(3)12(15)2)10-14-6-9-18-11-14/h12-16H,4-11H2,1-3H3. The maximum Gasteiger partial charge on any atom is 0.0120 e. The van der Waals surface area contributed by atoms with E-state index < -0.39 is 0 Å². The highest BCUT2D eigenvalue weighted by Crippen LogP contribution is 2.29. The fourth-order valence-electron chi connectivity index (χ4n) is 3.37. The van der Waals surface area contributed by atoms with Gasteiger partial charge in [0.25, 0.3) is 0 Å². The summed E-state index contributed by atoms with van der Waals surface area (Å²) in [7, 11) is 0. The molecule has 0 aromatic heterocycles. The molecule has 2 aliphatic rings. The lowest BCUT2D eigenvalue weighted by molar-refractivity contribution is 0.0734. The number of thioether (sulfide) groups is 1. The summed E-state index contributed by atoms with van der Waals surface area (Å²) in [6, 6.07) is 1.49. The summed E-state index contributed by atoms with van der Waals surface area (Å²) in [6.07, 6.45) is 4.03. The summed E-state index contributed by atoms with van der Waals surface area (Å²) in [6.45, 7) is 11.0. The number of hydrogen-bond acceptors (Lipinski definition) is 3. The maximum atomic E-state index is 3.73. The van der Waals surface area contributed by atoms with Gasteiger partial charge in [-0.1, -0.05) is 13.8 Å². The normalized spacial score (nSPS) is 38.2. The lowest BCUT2D eigenvalue weighted by Gasteiger charge is -2.44. The molecule has 0 aromatic rings. The molecule has 2 fully saturated rings. The van der Waals surface area contributed by atoms with Gasteiger partial charge in [-0.25, -0.2) is 0 Å². The molecule has 0 bridgehead atoms. The number of nitrogens with one attached hydrogen (secondary N) is 1. The molecule has 106 valence electrons. The van der Waals surface area contributed by atoms with Crippen LogP contribution in [0.5, 0.6) is 0 Å². The largest absolute Gasteiger partial charge is 0.314 e. The Morgan fingerprint density at radius 3 is 2.78 bits per heavy atom. The minimum atomic E-state index is 0.745. The van der Waals surface area contributed by atoms with Crippen LogP contribution in [-0.4, -0.2) is 48.1 Å². The van der Waals surface area contributed by atoms with Crippen molar-refractivity contribution in [2.24, 2.45) is 11.8 Å². The molecule has 2 heterocycles. The van der Waals surface area contributed by atoms with Crippen molar-refractivity contribution in [3.05, 3.63) is 0 Å². The number of nitrogens with zero attached hydrogens (tertiary/aromatic N) is 1. The first-order valence-electron chi connectivity index (χ1n) is 7.77. The molecule has 2 nitrogen and oxygen atoms in total. The topological polar surface area (TPSA) is 15.3 Å². The Morgan fingerprint density at radius 2 is 2.11 bits per heavy atom. The van der Waals surface area contributed by atoms with Crippen molar-refractivity contribution in [1.29, 1.82) is 0 Å². The SMILES string of the molecule is CCCNC1CCN(CC2CCSC2)C(C)C1C. The van der Waals surface area contributed by atoms with Gasteiger partial charge in [0, 0.05) is 18.6 Å². The fraction of sp³-hybridized carbons (Fsp3) is 1.00. The molecule has 2 aliphatic heterocycles. The van der Waals surface area contributed by atoms with Crippen molar-refractivity contribution in [1.82, 2.24) is 10.2 Å². The molecule has 0 amide bonds. The van der Waals surface area contributed by atoms with E-state index in [1.807, 2.05) is 0 Å². The first kappa shape index (κ1) is 14.7. The molecular weight excluding hydrogens is 240 g/mol. The Bertz CT molecular complexity index is 241. The highest BCUT2D eigenvalue weighted by molar-refractivity contribution is 7.99. The van der Waals surface area contributed by atoms with Gasteiger partial charge in [-0.2, -0.15) is 11.8 Å². The number of rotatable bonds is 5. The van der Waals surface area contributed by atoms with Crippen LogP contribution in [0.15, 0.2) is 0 Å². The second kappa shape index (κ2) is 7.16. The van der Waals surface area contributed by atoms with Crippen LogP contribution in [0.1, 0.15) is 40.0 Å². The smallest absolute Gasteiger partial charge is 0.0120 e. The van der Waals surface area contributed by atoms with Gasteiger partial charge >= 0.3 is 0 Å². The highest BCUT2D eigenvalue weighted by Gasteiger charge is 2.33. The summed E-state index contributed by atoms with van der Waals surface area (Å²) in [4.78, 5) is 2.76. The van der Waals surface area contributed by atoms with Gasteiger partial charge in [0.05, 0.1) is 0 Å². The molecule has 0 aromatic carbocycles. The van der Waals surface area contributed by atoms with Crippen molar-refractivity contribution in [2.45, 2.75) is 52.1 Å². The van der Waals surface area contributed by atoms with Crippen LogP contribution in [0, 0.1) is 11.8 Å². The van der Waals surface area contributed by atoms with Crippen molar-refractivity contribution >= 4 is 11.8 Å². The Labute approximate surface area is 117 Å². The summed E-state index contributed by atoms with van der Waals surface area (Å²) >= 11 is 2.15. The van der Waals surface area contributed by atoms with E-state index in [2.05, 4.69) is 42.7 Å². The van der Waals surface area contributed by atoms with E-state index in [1.165, 1.54) is 50.4 Å². The Morgan fingerprint density at radius 1 is 1.28 bits per heavy atom. The predicted molar refractivity (Wildman–Crippen MR) is 82.3 cm³/mol. The summed E-state index contributed by atoms with van der Waals surface area (Å²) in [5.74, 6) is 4.54. The average molecular weight is 270 g/mol. The molecule has 1 N–H and O–H groups in total. The predicted octanol–water partition coefficient (Wildman–Crippen LogP) is 2.84.